The molecule has 3 saturated heterocycles. The van der Waals surface area contributed by atoms with Crippen molar-refractivity contribution >= 4 is 29.2 Å². The molecular formula is C32H36N3O5+. The lowest BCUT2D eigenvalue weighted by Crippen LogP contribution is -2.65. The van der Waals surface area contributed by atoms with E-state index in [0.29, 0.717) is 34.7 Å². The highest BCUT2D eigenvalue weighted by Crippen LogP contribution is 2.37. The fourth-order valence-electron chi connectivity index (χ4n) is 5.84. The lowest BCUT2D eigenvalue weighted by molar-refractivity contribution is -0.938. The third-order valence-corrected chi connectivity index (χ3v) is 7.97. The van der Waals surface area contributed by atoms with Gasteiger partial charge in [0.15, 0.2) is 12.1 Å². The summed E-state index contributed by atoms with van der Waals surface area (Å²) in [5, 5.41) is 5.99. The van der Waals surface area contributed by atoms with Crippen LogP contribution in [0.1, 0.15) is 41.7 Å². The number of ketones is 1. The van der Waals surface area contributed by atoms with Gasteiger partial charge in [-0.15, -0.1) is 0 Å². The lowest BCUT2D eigenvalue weighted by atomic mass is 9.82. The van der Waals surface area contributed by atoms with Crippen molar-refractivity contribution in [2.24, 2.45) is 5.92 Å². The van der Waals surface area contributed by atoms with E-state index in [1.165, 1.54) is 0 Å². The van der Waals surface area contributed by atoms with Crippen LogP contribution in [0.5, 0.6) is 0 Å². The van der Waals surface area contributed by atoms with Gasteiger partial charge in [-0.1, -0.05) is 48.5 Å². The summed E-state index contributed by atoms with van der Waals surface area (Å²) in [6.45, 7) is 4.82. The molecule has 1 amide bonds. The maximum atomic E-state index is 13.6. The van der Waals surface area contributed by atoms with Crippen LogP contribution in [0, 0.1) is 5.92 Å². The molecular weight excluding hydrogens is 506 g/mol. The zero-order valence-corrected chi connectivity index (χ0v) is 22.8. The zero-order chi connectivity index (χ0) is 28.0. The predicted molar refractivity (Wildman–Crippen MR) is 153 cm³/mol. The lowest BCUT2D eigenvalue weighted by Gasteiger charge is -2.51. The largest absolute Gasteiger partial charge is 0.454 e. The Morgan fingerprint density at radius 2 is 1.52 bits per heavy atom. The minimum atomic E-state index is -0.629. The molecule has 0 aromatic heterocycles. The summed E-state index contributed by atoms with van der Waals surface area (Å²) in [4.78, 5) is 38.6. The minimum absolute atomic E-state index is 0.0426. The predicted octanol–water partition coefficient (Wildman–Crippen LogP) is 5.44. The van der Waals surface area contributed by atoms with E-state index in [1.807, 2.05) is 60.7 Å². The average Bonchev–Trinajstić information content (AvgIpc) is 2.97. The summed E-state index contributed by atoms with van der Waals surface area (Å²) in [6, 6.07) is 25.5. The topological polar surface area (TPSA) is 93.7 Å². The van der Waals surface area contributed by atoms with Crippen LogP contribution < -0.4 is 10.6 Å². The number of fused-ring (bicyclic) bond motifs is 3. The second-order valence-corrected chi connectivity index (χ2v) is 10.6. The monoisotopic (exact) mass is 542 g/mol. The van der Waals surface area contributed by atoms with Gasteiger partial charge < -0.3 is 19.3 Å². The number of para-hydroxylation sites is 1. The van der Waals surface area contributed by atoms with Crippen molar-refractivity contribution in [1.82, 2.24) is 0 Å². The van der Waals surface area contributed by atoms with Gasteiger partial charge in [0.05, 0.1) is 19.7 Å². The third kappa shape index (κ3) is 6.51. The molecule has 0 spiro atoms. The first-order valence-corrected chi connectivity index (χ1v) is 13.9. The number of nitrogens with zero attached hydrogens (tertiary/aromatic N) is 1. The third-order valence-electron chi connectivity index (χ3n) is 7.97. The van der Waals surface area contributed by atoms with E-state index in [0.717, 1.165) is 37.2 Å². The van der Waals surface area contributed by atoms with E-state index in [9.17, 15) is 14.4 Å². The molecule has 3 aromatic rings. The summed E-state index contributed by atoms with van der Waals surface area (Å²) in [7, 11) is 0. The van der Waals surface area contributed by atoms with Gasteiger partial charge in [0.1, 0.15) is 13.1 Å². The van der Waals surface area contributed by atoms with Crippen LogP contribution in [0.25, 0.3) is 0 Å². The van der Waals surface area contributed by atoms with Gasteiger partial charge in [0.2, 0.25) is 5.78 Å². The molecule has 0 radical (unpaired) electrons. The normalized spacial score (nSPS) is 22.1. The molecule has 3 aliphatic rings. The Morgan fingerprint density at radius 1 is 0.875 bits per heavy atom. The Kier molecular flexibility index (Phi) is 8.45. The minimum Gasteiger partial charge on any atom is -0.454 e. The second kappa shape index (κ2) is 12.3. The summed E-state index contributed by atoms with van der Waals surface area (Å²) in [6.07, 6.45) is 1.10. The summed E-state index contributed by atoms with van der Waals surface area (Å²) in [5.41, 5.74) is 2.86. The number of carbonyl (C=O) groups is 3. The number of quaternary nitrogens is 1. The van der Waals surface area contributed by atoms with Crippen molar-refractivity contribution in [3.63, 3.8) is 0 Å². The van der Waals surface area contributed by atoms with E-state index in [-0.39, 0.29) is 24.5 Å². The van der Waals surface area contributed by atoms with E-state index in [2.05, 4.69) is 10.6 Å². The Bertz CT molecular complexity index is 1310. The van der Waals surface area contributed by atoms with E-state index >= 15 is 0 Å². The molecule has 3 fully saturated rings. The van der Waals surface area contributed by atoms with Crippen LogP contribution >= 0.6 is 0 Å². The second-order valence-electron chi connectivity index (χ2n) is 10.6. The zero-order valence-electron chi connectivity index (χ0n) is 22.8. The smallest absolute Gasteiger partial charge is 0.411 e. The van der Waals surface area contributed by atoms with E-state index in [1.54, 1.807) is 31.2 Å². The molecule has 2 bridgehead atoms. The number of esters is 1. The number of hydrogen-bond acceptors (Lipinski definition) is 6. The van der Waals surface area contributed by atoms with Gasteiger partial charge in [-0.05, 0) is 48.9 Å². The fourth-order valence-corrected chi connectivity index (χ4v) is 5.84. The maximum Gasteiger partial charge on any atom is 0.411 e. The van der Waals surface area contributed by atoms with Crippen LogP contribution in [0.4, 0.5) is 16.2 Å². The number of carbonyl (C=O) groups excluding carboxylic acids is 3. The highest BCUT2D eigenvalue weighted by molar-refractivity contribution is 5.97. The number of hydrogen-bond donors (Lipinski definition) is 2. The molecule has 2 N–H and O–H groups in total. The van der Waals surface area contributed by atoms with Gasteiger partial charge in [0, 0.05) is 35.7 Å². The Hall–Kier alpha value is -4.17. The molecule has 8 heteroatoms. The van der Waals surface area contributed by atoms with Gasteiger partial charge in [-0.25, -0.2) is 9.59 Å². The van der Waals surface area contributed by atoms with Crippen LogP contribution in [0.2, 0.25) is 0 Å². The Balaban J connectivity index is 1.25. The molecule has 2 unspecified atom stereocenters. The molecule has 2 atom stereocenters. The highest BCUT2D eigenvalue weighted by atomic mass is 16.6. The van der Waals surface area contributed by atoms with Gasteiger partial charge in [-0.2, -0.15) is 0 Å². The van der Waals surface area contributed by atoms with Crippen LogP contribution in [-0.2, 0) is 14.3 Å². The summed E-state index contributed by atoms with van der Waals surface area (Å²) >= 11 is 0. The molecule has 40 heavy (non-hydrogen) atoms. The first kappa shape index (κ1) is 27.4. The van der Waals surface area contributed by atoms with Crippen molar-refractivity contribution in [3.05, 3.63) is 96.1 Å². The van der Waals surface area contributed by atoms with Crippen molar-refractivity contribution in [2.75, 3.05) is 43.4 Å². The van der Waals surface area contributed by atoms with Crippen molar-refractivity contribution in [2.45, 2.75) is 31.9 Å². The Labute approximate surface area is 234 Å². The number of ether oxygens (including phenoxy) is 2. The van der Waals surface area contributed by atoms with Crippen LogP contribution in [0.15, 0.2) is 84.9 Å². The van der Waals surface area contributed by atoms with Crippen LogP contribution in [0.3, 0.4) is 0 Å². The number of anilines is 2. The molecule has 3 heterocycles. The van der Waals surface area contributed by atoms with Crippen LogP contribution in [-0.4, -0.2) is 61.2 Å². The summed E-state index contributed by atoms with van der Waals surface area (Å²) < 4.78 is 11.7. The number of amides is 1. The van der Waals surface area contributed by atoms with Gasteiger partial charge in [-0.3, -0.25) is 10.1 Å². The number of Topliss-reactive ketones (excluding diaryl/α,β-unsaturated/α-hetero) is 1. The molecule has 0 saturated carbocycles. The van der Waals surface area contributed by atoms with Gasteiger partial charge >= 0.3 is 12.1 Å². The number of piperidine rings is 3. The van der Waals surface area contributed by atoms with Crippen molar-refractivity contribution < 1.29 is 28.3 Å². The fraction of sp³-hybridized carbons (Fsp3) is 0.344. The number of benzene rings is 3. The van der Waals surface area contributed by atoms with E-state index in [4.69, 9.17) is 9.47 Å². The molecule has 6 rings (SSSR count). The molecule has 208 valence electrons. The maximum absolute atomic E-state index is 13.6. The molecule has 8 nitrogen and oxygen atoms in total. The quantitative estimate of drug-likeness (QED) is 0.201. The number of rotatable bonds is 10. The average molecular weight is 543 g/mol. The standard InChI is InChI=1S/C32H35N3O5/c1-2-39-32(38)34-27-15-13-23(14-16-27)28(36)21-35-19-17-24(18-20-35)29(22-35)40-31(37)30(25-9-5-3-6-10-25)33-26-11-7-4-8-12-26/h3-16,24,29-30,33H,2,17-22H2,1H3/p+1. The van der Waals surface area contributed by atoms with Crippen molar-refractivity contribution in [3.8, 4) is 0 Å². The molecule has 3 aromatic carbocycles. The Morgan fingerprint density at radius 3 is 2.17 bits per heavy atom. The first-order valence-electron chi connectivity index (χ1n) is 13.9. The molecule has 3 aliphatic heterocycles. The summed E-state index contributed by atoms with van der Waals surface area (Å²) in [5.74, 6) is 0.0458. The molecule has 0 aliphatic carbocycles. The highest BCUT2D eigenvalue weighted by Gasteiger charge is 2.49. The van der Waals surface area contributed by atoms with Gasteiger partial charge in [0.25, 0.3) is 0 Å². The first-order chi connectivity index (χ1) is 19.4. The van der Waals surface area contributed by atoms with E-state index < -0.39 is 12.1 Å². The van der Waals surface area contributed by atoms with Crippen molar-refractivity contribution in [1.29, 1.82) is 0 Å². The number of nitrogens with one attached hydrogen (secondary N) is 2. The SMILES string of the molecule is CCOC(=O)Nc1ccc(C(=O)C[N+]23CCC(CC2)C(OC(=O)C(Nc2ccccc2)c2ccccc2)C3)cc1.